The van der Waals surface area contributed by atoms with Crippen LogP contribution >= 0.6 is 11.3 Å². The third-order valence-corrected chi connectivity index (χ3v) is 4.18. The van der Waals surface area contributed by atoms with E-state index in [1.165, 1.54) is 18.4 Å². The van der Waals surface area contributed by atoms with E-state index in [1.807, 2.05) is 0 Å². The Morgan fingerprint density at radius 1 is 1.38 bits per heavy atom. The van der Waals surface area contributed by atoms with E-state index in [0.29, 0.717) is 27.9 Å². The van der Waals surface area contributed by atoms with Crippen LogP contribution in [0.15, 0.2) is 40.5 Å². The third-order valence-electron chi connectivity index (χ3n) is 3.50. The number of carbonyl (C=O) groups is 2. The lowest BCUT2D eigenvalue weighted by atomic mass is 10.1. The summed E-state index contributed by atoms with van der Waals surface area (Å²) in [5.41, 5.74) is 4.27. The smallest absolute Gasteiger partial charge is 0.273 e. The average Bonchev–Trinajstić information content (AvgIpc) is 3.25. The van der Waals surface area contributed by atoms with Crippen molar-refractivity contribution in [1.29, 1.82) is 0 Å². The second-order valence-electron chi connectivity index (χ2n) is 5.28. The standard InChI is InChI=1S/C17H16N4O4S/c1-10-12(16(23)21-20-10)7-11-3-4-13(14(8-11)24-2)25-9-15(22)19-17-18-5-6-26-17/h3-8H,9H2,1-2H3,(H,21,23)(H,18,19,22)/b12-7-. The van der Waals surface area contributed by atoms with Crippen LogP contribution in [0.25, 0.3) is 6.08 Å². The molecule has 8 nitrogen and oxygen atoms in total. The summed E-state index contributed by atoms with van der Waals surface area (Å²) in [7, 11) is 1.50. The van der Waals surface area contributed by atoms with Gasteiger partial charge in [0.15, 0.2) is 23.2 Å². The molecule has 1 aliphatic heterocycles. The quantitative estimate of drug-likeness (QED) is 0.756. The molecule has 0 saturated heterocycles. The van der Waals surface area contributed by atoms with Crippen molar-refractivity contribution in [2.45, 2.75) is 6.92 Å². The van der Waals surface area contributed by atoms with E-state index in [1.54, 1.807) is 42.8 Å². The SMILES string of the molecule is COc1cc(/C=C2\C(=O)NN=C2C)ccc1OCC(=O)Nc1nccs1. The number of nitrogens with zero attached hydrogens (tertiary/aromatic N) is 2. The van der Waals surface area contributed by atoms with Crippen LogP contribution in [0.3, 0.4) is 0 Å². The fourth-order valence-electron chi connectivity index (χ4n) is 2.23. The first-order chi connectivity index (χ1) is 12.6. The minimum atomic E-state index is -0.317. The topological polar surface area (TPSA) is 102 Å². The predicted molar refractivity (Wildman–Crippen MR) is 98.5 cm³/mol. The molecule has 0 atom stereocenters. The zero-order valence-corrected chi connectivity index (χ0v) is 14.9. The number of ether oxygens (including phenoxy) is 2. The van der Waals surface area contributed by atoms with Gasteiger partial charge < -0.3 is 9.47 Å². The zero-order chi connectivity index (χ0) is 18.5. The molecule has 26 heavy (non-hydrogen) atoms. The number of nitrogens with one attached hydrogen (secondary N) is 2. The van der Waals surface area contributed by atoms with E-state index < -0.39 is 0 Å². The maximum absolute atomic E-state index is 11.9. The number of aromatic nitrogens is 1. The average molecular weight is 372 g/mol. The largest absolute Gasteiger partial charge is 0.493 e. The molecule has 2 aromatic rings. The minimum absolute atomic E-state index is 0.176. The summed E-state index contributed by atoms with van der Waals surface area (Å²) in [5, 5.41) is 8.79. The van der Waals surface area contributed by atoms with Gasteiger partial charge in [-0.05, 0) is 30.7 Å². The van der Waals surface area contributed by atoms with Crippen LogP contribution in [-0.2, 0) is 9.59 Å². The van der Waals surface area contributed by atoms with Gasteiger partial charge in [0.25, 0.3) is 11.8 Å². The fraction of sp³-hybridized carbons (Fsp3) is 0.176. The number of methoxy groups -OCH3 is 1. The summed E-state index contributed by atoms with van der Waals surface area (Å²) in [6, 6.07) is 5.17. The number of hydrogen-bond acceptors (Lipinski definition) is 7. The zero-order valence-electron chi connectivity index (χ0n) is 14.1. The summed E-state index contributed by atoms with van der Waals surface area (Å²) in [6.45, 7) is 1.57. The molecular formula is C17H16N4O4S. The molecule has 0 radical (unpaired) electrons. The molecule has 0 aliphatic carbocycles. The van der Waals surface area contributed by atoms with Crippen molar-refractivity contribution in [3.63, 3.8) is 0 Å². The molecule has 0 fully saturated rings. The number of rotatable bonds is 6. The van der Waals surface area contributed by atoms with Gasteiger partial charge in [-0.15, -0.1) is 11.3 Å². The maximum Gasteiger partial charge on any atom is 0.273 e. The van der Waals surface area contributed by atoms with E-state index in [0.717, 1.165) is 5.56 Å². The van der Waals surface area contributed by atoms with Gasteiger partial charge in [0.2, 0.25) is 0 Å². The Labute approximate surface area is 153 Å². The number of hydrogen-bond donors (Lipinski definition) is 2. The number of amides is 2. The van der Waals surface area contributed by atoms with E-state index in [2.05, 4.69) is 20.8 Å². The third kappa shape index (κ3) is 4.06. The highest BCUT2D eigenvalue weighted by atomic mass is 32.1. The number of carbonyl (C=O) groups excluding carboxylic acids is 2. The second-order valence-corrected chi connectivity index (χ2v) is 6.18. The molecule has 0 saturated carbocycles. The summed E-state index contributed by atoms with van der Waals surface area (Å²) in [4.78, 5) is 27.6. The van der Waals surface area contributed by atoms with Gasteiger partial charge in [0.05, 0.1) is 18.4 Å². The number of anilines is 1. The Kier molecular flexibility index (Phi) is 5.28. The van der Waals surface area contributed by atoms with E-state index in [9.17, 15) is 9.59 Å². The van der Waals surface area contributed by atoms with Crippen molar-refractivity contribution in [3.05, 3.63) is 40.9 Å². The summed E-state index contributed by atoms with van der Waals surface area (Å²) >= 11 is 1.33. The van der Waals surface area contributed by atoms with Gasteiger partial charge in [-0.25, -0.2) is 10.4 Å². The van der Waals surface area contributed by atoms with E-state index >= 15 is 0 Å². The highest BCUT2D eigenvalue weighted by molar-refractivity contribution is 7.13. The highest BCUT2D eigenvalue weighted by Gasteiger charge is 2.19. The number of hydrazone groups is 1. The van der Waals surface area contributed by atoms with Crippen LogP contribution in [0.1, 0.15) is 12.5 Å². The van der Waals surface area contributed by atoms with E-state index in [-0.39, 0.29) is 18.4 Å². The van der Waals surface area contributed by atoms with Crippen molar-refractivity contribution in [3.8, 4) is 11.5 Å². The Morgan fingerprint density at radius 3 is 2.88 bits per heavy atom. The van der Waals surface area contributed by atoms with Crippen molar-refractivity contribution in [1.82, 2.24) is 10.4 Å². The molecule has 0 bridgehead atoms. The molecule has 0 unspecified atom stereocenters. The van der Waals surface area contributed by atoms with Crippen molar-refractivity contribution < 1.29 is 19.1 Å². The Hall–Kier alpha value is -3.20. The maximum atomic E-state index is 11.9. The van der Waals surface area contributed by atoms with E-state index in [4.69, 9.17) is 9.47 Å². The predicted octanol–water partition coefficient (Wildman–Crippen LogP) is 2.06. The lowest BCUT2D eigenvalue weighted by Crippen LogP contribution is -2.20. The van der Waals surface area contributed by atoms with Crippen molar-refractivity contribution in [2.24, 2.45) is 5.10 Å². The molecule has 9 heteroatoms. The van der Waals surface area contributed by atoms with Gasteiger partial charge in [0.1, 0.15) is 0 Å². The van der Waals surface area contributed by atoms with Crippen LogP contribution < -0.4 is 20.2 Å². The fourth-order valence-corrected chi connectivity index (χ4v) is 2.78. The molecule has 2 heterocycles. The summed E-state index contributed by atoms with van der Waals surface area (Å²) in [6.07, 6.45) is 3.32. The molecule has 1 aliphatic rings. The lowest BCUT2D eigenvalue weighted by Gasteiger charge is -2.11. The molecule has 1 aromatic carbocycles. The molecule has 2 amide bonds. The lowest BCUT2D eigenvalue weighted by molar-refractivity contribution is -0.118. The first kappa shape index (κ1) is 17.6. The second kappa shape index (κ2) is 7.79. The molecule has 0 spiro atoms. The Balaban J connectivity index is 1.69. The van der Waals surface area contributed by atoms with Crippen molar-refractivity contribution in [2.75, 3.05) is 19.0 Å². The molecule has 134 valence electrons. The van der Waals surface area contributed by atoms with Gasteiger partial charge in [-0.3, -0.25) is 14.9 Å². The summed E-state index contributed by atoms with van der Waals surface area (Å²) < 4.78 is 10.8. The van der Waals surface area contributed by atoms with Gasteiger partial charge in [-0.1, -0.05) is 6.07 Å². The first-order valence-electron chi connectivity index (χ1n) is 7.63. The minimum Gasteiger partial charge on any atom is -0.493 e. The first-order valence-corrected chi connectivity index (χ1v) is 8.51. The normalized spacial score (nSPS) is 14.8. The Bertz CT molecular complexity index is 890. The van der Waals surface area contributed by atoms with Crippen LogP contribution in [-0.4, -0.2) is 36.2 Å². The van der Waals surface area contributed by atoms with Crippen LogP contribution in [0.2, 0.25) is 0 Å². The van der Waals surface area contributed by atoms with Gasteiger partial charge in [-0.2, -0.15) is 5.10 Å². The van der Waals surface area contributed by atoms with Gasteiger partial charge >= 0.3 is 0 Å². The van der Waals surface area contributed by atoms with Crippen molar-refractivity contribution >= 4 is 40.1 Å². The van der Waals surface area contributed by atoms with Crippen LogP contribution in [0.4, 0.5) is 5.13 Å². The molecule has 2 N–H and O–H groups in total. The monoisotopic (exact) mass is 372 g/mol. The highest BCUT2D eigenvalue weighted by Crippen LogP contribution is 2.29. The summed E-state index contributed by atoms with van der Waals surface area (Å²) in [5.74, 6) is 0.308. The number of benzene rings is 1. The molecule has 1 aromatic heterocycles. The molecular weight excluding hydrogens is 356 g/mol. The van der Waals surface area contributed by atoms with Crippen LogP contribution in [0, 0.1) is 0 Å². The van der Waals surface area contributed by atoms with Crippen LogP contribution in [0.5, 0.6) is 11.5 Å². The van der Waals surface area contributed by atoms with Gasteiger partial charge in [0, 0.05) is 11.6 Å². The number of thiazole rings is 1. The Morgan fingerprint density at radius 2 is 2.23 bits per heavy atom. The molecule has 3 rings (SSSR count).